The molecule has 3 rings (SSSR count). The lowest BCUT2D eigenvalue weighted by Crippen LogP contribution is -2.50. The highest BCUT2D eigenvalue weighted by molar-refractivity contribution is 7.92. The molecule has 0 saturated carbocycles. The zero-order valence-corrected chi connectivity index (χ0v) is 23.1. The Hall–Kier alpha value is -3.72. The average molecular weight is 540 g/mol. The number of rotatable bonds is 10. The Balaban J connectivity index is 2.03. The van der Waals surface area contributed by atoms with Crippen LogP contribution < -0.4 is 9.62 Å². The Morgan fingerprint density at radius 3 is 2.00 bits per heavy atom. The first-order valence-electron chi connectivity index (χ1n) is 12.4. The summed E-state index contributed by atoms with van der Waals surface area (Å²) in [6.45, 7) is 6.96. The number of nitrogens with one attached hydrogen (secondary N) is 1. The molecule has 0 saturated heterocycles. The van der Waals surface area contributed by atoms with Gasteiger partial charge in [0.25, 0.3) is 10.0 Å². The van der Waals surface area contributed by atoms with Crippen molar-refractivity contribution in [2.75, 3.05) is 17.9 Å². The standard InChI is InChI=1S/C29H34FN3O4S/c1-20(2)24-10-14-26(15-11-24)33(38(36,37)27-16-6-21(3)7-17-27)19-28(34)32(22(4)29(35)31-5)18-23-8-12-25(30)13-9-23/h6-17,20,22H,18-19H2,1-5H3,(H,31,35). The molecule has 3 aromatic carbocycles. The van der Waals surface area contributed by atoms with E-state index in [0.29, 0.717) is 11.3 Å². The van der Waals surface area contributed by atoms with E-state index in [1.807, 2.05) is 32.9 Å². The third kappa shape index (κ3) is 6.77. The number of likely N-dealkylation sites (N-methyl/N-ethyl adjacent to an activating group) is 1. The summed E-state index contributed by atoms with van der Waals surface area (Å²) in [5, 5.41) is 2.53. The Bertz CT molecular complexity index is 1360. The van der Waals surface area contributed by atoms with Crippen molar-refractivity contribution in [2.24, 2.45) is 0 Å². The number of nitrogens with zero attached hydrogens (tertiary/aromatic N) is 2. The van der Waals surface area contributed by atoms with Crippen molar-refractivity contribution in [2.45, 2.75) is 51.1 Å². The highest BCUT2D eigenvalue weighted by atomic mass is 32.2. The fourth-order valence-electron chi connectivity index (χ4n) is 3.97. The van der Waals surface area contributed by atoms with Crippen LogP contribution in [0.15, 0.2) is 77.7 Å². The molecule has 0 bridgehead atoms. The van der Waals surface area contributed by atoms with E-state index in [0.717, 1.165) is 15.4 Å². The molecule has 0 fully saturated rings. The first-order valence-corrected chi connectivity index (χ1v) is 13.8. The average Bonchev–Trinajstić information content (AvgIpc) is 2.90. The molecule has 0 spiro atoms. The molecule has 7 nitrogen and oxygen atoms in total. The van der Waals surface area contributed by atoms with Gasteiger partial charge in [-0.2, -0.15) is 0 Å². The van der Waals surface area contributed by atoms with Crippen molar-refractivity contribution < 1.29 is 22.4 Å². The van der Waals surface area contributed by atoms with Gasteiger partial charge in [-0.25, -0.2) is 12.8 Å². The van der Waals surface area contributed by atoms with Gasteiger partial charge in [-0.15, -0.1) is 0 Å². The van der Waals surface area contributed by atoms with Gasteiger partial charge in [-0.3, -0.25) is 13.9 Å². The zero-order chi connectivity index (χ0) is 28.0. The highest BCUT2D eigenvalue weighted by Gasteiger charge is 2.32. The first kappa shape index (κ1) is 28.8. The number of carbonyl (C=O) groups excluding carboxylic acids is 2. The van der Waals surface area contributed by atoms with Gasteiger partial charge < -0.3 is 10.2 Å². The third-order valence-electron chi connectivity index (χ3n) is 6.42. The van der Waals surface area contributed by atoms with Crippen LogP contribution >= 0.6 is 0 Å². The molecule has 0 aromatic heterocycles. The van der Waals surface area contributed by atoms with Crippen LogP contribution in [0.4, 0.5) is 10.1 Å². The maximum atomic E-state index is 13.8. The normalized spacial score (nSPS) is 12.2. The Morgan fingerprint density at radius 1 is 0.895 bits per heavy atom. The Labute approximate surface area is 224 Å². The van der Waals surface area contributed by atoms with Crippen LogP contribution in [0.3, 0.4) is 0 Å². The van der Waals surface area contributed by atoms with Crippen LogP contribution in [0.2, 0.25) is 0 Å². The van der Waals surface area contributed by atoms with Crippen molar-refractivity contribution in [3.05, 3.63) is 95.3 Å². The number of amides is 2. The monoisotopic (exact) mass is 539 g/mol. The minimum absolute atomic E-state index is 0.00158. The summed E-state index contributed by atoms with van der Waals surface area (Å²) in [6, 6.07) is 18.1. The van der Waals surface area contributed by atoms with Crippen LogP contribution in [-0.2, 0) is 26.2 Å². The molecule has 202 valence electrons. The van der Waals surface area contributed by atoms with E-state index >= 15 is 0 Å². The fraction of sp³-hybridized carbons (Fsp3) is 0.310. The molecule has 1 N–H and O–H groups in total. The van der Waals surface area contributed by atoms with E-state index in [4.69, 9.17) is 0 Å². The van der Waals surface area contributed by atoms with Gasteiger partial charge in [0, 0.05) is 13.6 Å². The highest BCUT2D eigenvalue weighted by Crippen LogP contribution is 2.27. The molecule has 0 aliphatic carbocycles. The minimum Gasteiger partial charge on any atom is -0.357 e. The zero-order valence-electron chi connectivity index (χ0n) is 22.3. The van der Waals surface area contributed by atoms with Gasteiger partial charge in [0.2, 0.25) is 11.8 Å². The predicted molar refractivity (Wildman–Crippen MR) is 147 cm³/mol. The number of halogens is 1. The molecule has 2 amide bonds. The van der Waals surface area contributed by atoms with Gasteiger partial charge in [-0.1, -0.05) is 55.8 Å². The largest absolute Gasteiger partial charge is 0.357 e. The molecular formula is C29H34FN3O4S. The van der Waals surface area contributed by atoms with E-state index in [2.05, 4.69) is 5.32 Å². The van der Waals surface area contributed by atoms with Crippen molar-refractivity contribution in [3.63, 3.8) is 0 Å². The Kier molecular flexibility index (Phi) is 9.27. The SMILES string of the molecule is CNC(=O)C(C)N(Cc1ccc(F)cc1)C(=O)CN(c1ccc(C(C)C)cc1)S(=O)(=O)c1ccc(C)cc1. The van der Waals surface area contributed by atoms with Gasteiger partial charge in [0.15, 0.2) is 0 Å². The summed E-state index contributed by atoms with van der Waals surface area (Å²) in [7, 11) is -2.66. The molecule has 3 aromatic rings. The van der Waals surface area contributed by atoms with E-state index in [1.165, 1.54) is 48.3 Å². The van der Waals surface area contributed by atoms with Crippen LogP contribution in [0.25, 0.3) is 0 Å². The van der Waals surface area contributed by atoms with Crippen molar-refractivity contribution in [3.8, 4) is 0 Å². The molecule has 0 radical (unpaired) electrons. The third-order valence-corrected chi connectivity index (χ3v) is 8.20. The lowest BCUT2D eigenvalue weighted by atomic mass is 10.0. The number of carbonyl (C=O) groups is 2. The molecule has 1 unspecified atom stereocenters. The van der Waals surface area contributed by atoms with E-state index in [9.17, 15) is 22.4 Å². The van der Waals surface area contributed by atoms with Crippen LogP contribution in [0, 0.1) is 12.7 Å². The molecule has 1 atom stereocenters. The number of hydrogen-bond acceptors (Lipinski definition) is 4. The molecule has 0 aliphatic heterocycles. The number of benzene rings is 3. The topological polar surface area (TPSA) is 86.8 Å². The second kappa shape index (κ2) is 12.2. The second-order valence-corrected chi connectivity index (χ2v) is 11.4. The van der Waals surface area contributed by atoms with Gasteiger partial charge in [-0.05, 0) is 67.3 Å². The van der Waals surface area contributed by atoms with Gasteiger partial charge in [0.1, 0.15) is 18.4 Å². The number of aryl methyl sites for hydroxylation is 1. The fourth-order valence-corrected chi connectivity index (χ4v) is 5.38. The minimum atomic E-state index is -4.13. The molecule has 0 aliphatic rings. The Morgan fingerprint density at radius 2 is 1.47 bits per heavy atom. The summed E-state index contributed by atoms with van der Waals surface area (Å²) in [5.74, 6) is -1.16. The molecule has 38 heavy (non-hydrogen) atoms. The summed E-state index contributed by atoms with van der Waals surface area (Å²) >= 11 is 0. The summed E-state index contributed by atoms with van der Waals surface area (Å²) in [4.78, 5) is 27.6. The van der Waals surface area contributed by atoms with Crippen molar-refractivity contribution in [1.29, 1.82) is 0 Å². The van der Waals surface area contributed by atoms with Crippen LogP contribution in [-0.4, -0.2) is 44.8 Å². The lowest BCUT2D eigenvalue weighted by molar-refractivity contribution is -0.139. The van der Waals surface area contributed by atoms with E-state index in [1.54, 1.807) is 31.2 Å². The summed E-state index contributed by atoms with van der Waals surface area (Å²) in [5.41, 5.74) is 2.86. The first-order chi connectivity index (χ1) is 17.9. The smallest absolute Gasteiger partial charge is 0.264 e. The van der Waals surface area contributed by atoms with Gasteiger partial charge >= 0.3 is 0 Å². The quantitative estimate of drug-likeness (QED) is 0.408. The number of hydrogen-bond donors (Lipinski definition) is 1. The van der Waals surface area contributed by atoms with E-state index in [-0.39, 0.29) is 17.4 Å². The summed E-state index contributed by atoms with van der Waals surface area (Å²) in [6.07, 6.45) is 0. The predicted octanol–water partition coefficient (Wildman–Crippen LogP) is 4.62. The van der Waals surface area contributed by atoms with E-state index < -0.39 is 40.2 Å². The summed E-state index contributed by atoms with van der Waals surface area (Å²) < 4.78 is 42.2. The maximum absolute atomic E-state index is 13.8. The lowest BCUT2D eigenvalue weighted by Gasteiger charge is -2.32. The molecule has 0 heterocycles. The van der Waals surface area contributed by atoms with Crippen LogP contribution in [0.1, 0.15) is 43.4 Å². The number of sulfonamides is 1. The molecule has 9 heteroatoms. The van der Waals surface area contributed by atoms with Crippen molar-refractivity contribution in [1.82, 2.24) is 10.2 Å². The number of anilines is 1. The maximum Gasteiger partial charge on any atom is 0.264 e. The van der Waals surface area contributed by atoms with Crippen molar-refractivity contribution >= 4 is 27.5 Å². The molecular weight excluding hydrogens is 505 g/mol. The van der Waals surface area contributed by atoms with Gasteiger partial charge in [0.05, 0.1) is 10.6 Å². The van der Waals surface area contributed by atoms with Crippen LogP contribution in [0.5, 0.6) is 0 Å². The second-order valence-electron chi connectivity index (χ2n) is 9.51.